The zero-order valence-electron chi connectivity index (χ0n) is 6.37. The fourth-order valence-corrected chi connectivity index (χ4v) is 6.77. The summed E-state index contributed by atoms with van der Waals surface area (Å²) in [6.07, 6.45) is 2.21. The molecule has 0 aromatic carbocycles. The predicted molar refractivity (Wildman–Crippen MR) is 52.4 cm³/mol. The van der Waals surface area contributed by atoms with Gasteiger partial charge in [0.25, 0.3) is 0 Å². The van der Waals surface area contributed by atoms with Gasteiger partial charge >= 0.3 is 0 Å². The van der Waals surface area contributed by atoms with Crippen molar-refractivity contribution in [2.24, 2.45) is 0 Å². The average molecular weight is 196 g/mol. The smallest absolute Gasteiger partial charge is 0.119 e. The first-order valence-corrected chi connectivity index (χ1v) is 7.97. The van der Waals surface area contributed by atoms with Gasteiger partial charge in [-0.05, 0) is 6.42 Å². The number of hydrogen-bond donors (Lipinski definition) is 0. The molecule has 60 valence electrons. The van der Waals surface area contributed by atoms with Gasteiger partial charge < -0.3 is 4.52 Å². The summed E-state index contributed by atoms with van der Waals surface area (Å²) in [6.45, 7) is 5.26. The van der Waals surface area contributed by atoms with Crippen molar-refractivity contribution in [3.8, 4) is 0 Å². The molecule has 1 aliphatic rings. The summed E-state index contributed by atoms with van der Waals surface area (Å²) in [6, 6.07) is 0. The predicted octanol–water partition coefficient (Wildman–Crippen LogP) is 2.86. The third-order valence-electron chi connectivity index (χ3n) is 1.54. The van der Waals surface area contributed by atoms with E-state index in [9.17, 15) is 0 Å². The van der Waals surface area contributed by atoms with E-state index in [4.69, 9.17) is 16.3 Å². The van der Waals surface area contributed by atoms with E-state index in [0.29, 0.717) is 0 Å². The first kappa shape index (κ1) is 9.05. The summed E-state index contributed by atoms with van der Waals surface area (Å²) in [7, 11) is 0. The van der Waals surface area contributed by atoms with Gasteiger partial charge in [-0.1, -0.05) is 37.0 Å². The minimum atomic E-state index is -1.40. The third-order valence-corrected chi connectivity index (χ3v) is 8.81. The summed E-state index contributed by atoms with van der Waals surface area (Å²) >= 11 is 7.28. The summed E-state index contributed by atoms with van der Waals surface area (Å²) in [5, 5.41) is 0.722. The Bertz CT molecular complexity index is 160. The monoisotopic (exact) mass is 196 g/mol. The number of hydrogen-bond acceptors (Lipinski definition) is 3. The summed E-state index contributed by atoms with van der Waals surface area (Å²) in [5.41, 5.74) is -1.40. The molecule has 1 rings (SSSR count). The Hall–Kier alpha value is 0.960. The molecule has 1 saturated heterocycles. The molecule has 1 heterocycles. The lowest BCUT2D eigenvalue weighted by Crippen LogP contribution is -2.09. The van der Waals surface area contributed by atoms with E-state index in [0.717, 1.165) is 18.0 Å². The van der Waals surface area contributed by atoms with Crippen molar-refractivity contribution < 1.29 is 4.52 Å². The second kappa shape index (κ2) is 3.57. The van der Waals surface area contributed by atoms with Gasteiger partial charge in [0.2, 0.25) is 0 Å². The molecule has 2 unspecified atom stereocenters. The van der Waals surface area contributed by atoms with Gasteiger partial charge in [-0.2, -0.15) is 0 Å². The first-order chi connectivity index (χ1) is 4.66. The Morgan fingerprint density at radius 1 is 1.80 bits per heavy atom. The third kappa shape index (κ3) is 2.23. The lowest BCUT2D eigenvalue weighted by Gasteiger charge is -2.28. The van der Waals surface area contributed by atoms with Gasteiger partial charge in [0.05, 0.1) is 6.61 Å². The lowest BCUT2D eigenvalue weighted by molar-refractivity contribution is 0.344. The first-order valence-electron chi connectivity index (χ1n) is 3.58. The van der Waals surface area contributed by atoms with Gasteiger partial charge in [0.1, 0.15) is 5.47 Å². The normalized spacial score (nSPS) is 41.6. The molecule has 0 spiro atoms. The van der Waals surface area contributed by atoms with Crippen molar-refractivity contribution in [3.05, 3.63) is 0 Å². The molecule has 0 N–H and O–H groups in total. The van der Waals surface area contributed by atoms with Crippen LogP contribution in [0.4, 0.5) is 0 Å². The molecule has 0 bridgehead atoms. The second-order valence-corrected chi connectivity index (χ2v) is 10.5. The fraction of sp³-hybridized carbons (Fsp3) is 1.00. The van der Waals surface area contributed by atoms with Crippen LogP contribution in [0.15, 0.2) is 0 Å². The molecular formula is C6H13OPS2. The van der Waals surface area contributed by atoms with Crippen LogP contribution in [-0.2, 0) is 16.3 Å². The van der Waals surface area contributed by atoms with E-state index in [-0.39, 0.29) is 0 Å². The van der Waals surface area contributed by atoms with Crippen LogP contribution in [0.5, 0.6) is 0 Å². The molecule has 1 fully saturated rings. The van der Waals surface area contributed by atoms with Crippen molar-refractivity contribution in [2.75, 3.05) is 12.8 Å². The molecule has 0 aliphatic carbocycles. The van der Waals surface area contributed by atoms with Crippen molar-refractivity contribution in [3.63, 3.8) is 0 Å². The number of rotatable bonds is 1. The molecule has 0 aromatic rings. The van der Waals surface area contributed by atoms with Gasteiger partial charge in [-0.3, -0.25) is 0 Å². The standard InChI is InChI=1S/C6H13OPS2/c1-3-8(9)7-5-4-6(2)10-8/h6H,3-5H2,1-2H3. The van der Waals surface area contributed by atoms with Crippen LogP contribution < -0.4 is 0 Å². The maximum Gasteiger partial charge on any atom is 0.119 e. The topological polar surface area (TPSA) is 9.23 Å². The van der Waals surface area contributed by atoms with Crippen LogP contribution in [0.25, 0.3) is 0 Å². The van der Waals surface area contributed by atoms with Crippen LogP contribution in [0.2, 0.25) is 0 Å². The van der Waals surface area contributed by atoms with E-state index in [1.54, 1.807) is 0 Å². The molecule has 0 saturated carbocycles. The van der Waals surface area contributed by atoms with E-state index in [1.807, 2.05) is 11.4 Å². The second-order valence-electron chi connectivity index (χ2n) is 2.47. The van der Waals surface area contributed by atoms with Gasteiger partial charge in [-0.15, -0.1) is 0 Å². The Kier molecular flexibility index (Phi) is 3.23. The highest BCUT2D eigenvalue weighted by Gasteiger charge is 2.24. The molecular weight excluding hydrogens is 183 g/mol. The van der Waals surface area contributed by atoms with Crippen LogP contribution >= 0.6 is 16.8 Å². The van der Waals surface area contributed by atoms with Crippen LogP contribution in [0.1, 0.15) is 20.3 Å². The minimum absolute atomic E-state index is 0.722. The van der Waals surface area contributed by atoms with Gasteiger partial charge in [-0.25, -0.2) is 0 Å². The highest BCUT2D eigenvalue weighted by atomic mass is 32.9. The maximum absolute atomic E-state index is 5.57. The van der Waals surface area contributed by atoms with Crippen molar-refractivity contribution in [1.82, 2.24) is 0 Å². The largest absolute Gasteiger partial charge is 0.341 e. The zero-order valence-corrected chi connectivity index (χ0v) is 8.90. The Balaban J connectivity index is 2.54. The Morgan fingerprint density at radius 2 is 2.50 bits per heavy atom. The van der Waals surface area contributed by atoms with E-state index < -0.39 is 5.47 Å². The molecule has 2 atom stereocenters. The molecule has 0 amide bonds. The molecule has 1 nitrogen and oxygen atoms in total. The van der Waals surface area contributed by atoms with Crippen LogP contribution in [0.3, 0.4) is 0 Å². The SMILES string of the molecule is CCP1(=S)OCCC(C)S1. The highest BCUT2D eigenvalue weighted by molar-refractivity contribution is 8.69. The maximum atomic E-state index is 5.57. The van der Waals surface area contributed by atoms with Crippen LogP contribution in [-0.4, -0.2) is 18.0 Å². The van der Waals surface area contributed by atoms with Crippen molar-refractivity contribution in [2.45, 2.75) is 25.5 Å². The summed E-state index contributed by atoms with van der Waals surface area (Å²) in [5.74, 6) is 0. The lowest BCUT2D eigenvalue weighted by atomic mass is 10.4. The molecule has 4 heteroatoms. The van der Waals surface area contributed by atoms with E-state index in [2.05, 4.69) is 13.8 Å². The van der Waals surface area contributed by atoms with Gasteiger partial charge in [0, 0.05) is 11.4 Å². The molecule has 1 aliphatic heterocycles. The Labute approximate surface area is 71.7 Å². The van der Waals surface area contributed by atoms with Crippen LogP contribution in [0, 0.1) is 0 Å². The molecule has 0 radical (unpaired) electrons. The van der Waals surface area contributed by atoms with Crippen molar-refractivity contribution in [1.29, 1.82) is 0 Å². The summed E-state index contributed by atoms with van der Waals surface area (Å²) < 4.78 is 5.57. The fourth-order valence-electron chi connectivity index (χ4n) is 0.881. The molecule has 10 heavy (non-hydrogen) atoms. The Morgan fingerprint density at radius 3 is 2.90 bits per heavy atom. The minimum Gasteiger partial charge on any atom is -0.341 e. The van der Waals surface area contributed by atoms with Gasteiger partial charge in [0.15, 0.2) is 0 Å². The quantitative estimate of drug-likeness (QED) is 0.597. The highest BCUT2D eigenvalue weighted by Crippen LogP contribution is 2.64. The zero-order chi connectivity index (χ0) is 7.61. The molecule has 0 aromatic heterocycles. The van der Waals surface area contributed by atoms with E-state index in [1.165, 1.54) is 6.42 Å². The average Bonchev–Trinajstić information content (AvgIpc) is 1.88. The van der Waals surface area contributed by atoms with Crippen molar-refractivity contribution >= 4 is 28.7 Å². The summed E-state index contributed by atoms with van der Waals surface area (Å²) in [4.78, 5) is 0. The van der Waals surface area contributed by atoms with E-state index >= 15 is 0 Å².